The van der Waals surface area contributed by atoms with Crippen molar-refractivity contribution in [2.45, 2.75) is 70.5 Å². The summed E-state index contributed by atoms with van der Waals surface area (Å²) in [5.41, 5.74) is 1.94. The molecule has 39 heavy (non-hydrogen) atoms. The zero-order valence-corrected chi connectivity index (χ0v) is 23.7. The zero-order valence-electron chi connectivity index (χ0n) is 23.7. The minimum atomic E-state index is -0.158. The van der Waals surface area contributed by atoms with Gasteiger partial charge in [0.25, 0.3) is 5.91 Å². The number of rotatable bonds is 6. The molecule has 2 aliphatic heterocycles. The number of hydrogen-bond acceptors (Lipinski definition) is 8. The van der Waals surface area contributed by atoms with Gasteiger partial charge in [0.15, 0.2) is 5.82 Å². The van der Waals surface area contributed by atoms with Gasteiger partial charge < -0.3 is 30.1 Å². The van der Waals surface area contributed by atoms with E-state index in [0.717, 1.165) is 50.3 Å². The molecule has 3 aliphatic rings. The molecule has 0 spiro atoms. The van der Waals surface area contributed by atoms with E-state index in [0.29, 0.717) is 29.0 Å². The Hall–Kier alpha value is -3.40. The molecule has 0 radical (unpaired) electrons. The number of likely N-dealkylation sites (tertiary alicyclic amines) is 1. The number of aromatic nitrogens is 2. The third-order valence-electron chi connectivity index (χ3n) is 8.72. The third-order valence-corrected chi connectivity index (χ3v) is 8.72. The largest absolute Gasteiger partial charge is 0.495 e. The van der Waals surface area contributed by atoms with E-state index in [1.165, 1.54) is 12.8 Å². The first kappa shape index (κ1) is 27.2. The van der Waals surface area contributed by atoms with Gasteiger partial charge in [0.05, 0.1) is 24.9 Å². The van der Waals surface area contributed by atoms with Crippen LogP contribution in [0.5, 0.6) is 5.75 Å². The molecule has 1 aliphatic carbocycles. The third kappa shape index (κ3) is 5.52. The van der Waals surface area contributed by atoms with Crippen LogP contribution in [0.15, 0.2) is 24.4 Å². The summed E-state index contributed by atoms with van der Waals surface area (Å²) >= 11 is 0. The minimum absolute atomic E-state index is 0.0175. The summed E-state index contributed by atoms with van der Waals surface area (Å²) in [4.78, 5) is 41.9. The summed E-state index contributed by atoms with van der Waals surface area (Å²) < 4.78 is 5.64. The normalized spacial score (nSPS) is 22.9. The van der Waals surface area contributed by atoms with E-state index < -0.39 is 0 Å². The van der Waals surface area contributed by atoms with E-state index in [-0.39, 0.29) is 29.8 Å². The number of amides is 2. The fourth-order valence-electron chi connectivity index (χ4n) is 6.08. The van der Waals surface area contributed by atoms with Crippen molar-refractivity contribution >= 4 is 35.0 Å². The summed E-state index contributed by atoms with van der Waals surface area (Å²) in [5.74, 6) is 1.55. The fraction of sp³-hybridized carbons (Fsp3) is 0.586. The number of ether oxygens (including phenoxy) is 1. The van der Waals surface area contributed by atoms with Crippen LogP contribution in [-0.2, 0) is 4.79 Å². The highest BCUT2D eigenvalue weighted by atomic mass is 16.5. The average Bonchev–Trinajstić information content (AvgIpc) is 3.46. The van der Waals surface area contributed by atoms with E-state index in [4.69, 9.17) is 9.72 Å². The minimum Gasteiger partial charge on any atom is -0.495 e. The molecule has 3 heterocycles. The van der Waals surface area contributed by atoms with Gasteiger partial charge in [-0.15, -0.1) is 0 Å². The molecule has 2 aromatic rings. The van der Waals surface area contributed by atoms with Gasteiger partial charge in [-0.3, -0.25) is 9.59 Å². The molecule has 2 unspecified atom stereocenters. The summed E-state index contributed by atoms with van der Waals surface area (Å²) in [5, 5.41) is 6.45. The van der Waals surface area contributed by atoms with Crippen LogP contribution in [-0.4, -0.2) is 79.1 Å². The lowest BCUT2D eigenvalue weighted by Crippen LogP contribution is -2.46. The Bertz CT molecular complexity index is 1210. The molecule has 2 amide bonds. The second-order valence-corrected chi connectivity index (χ2v) is 11.3. The number of fused-ring (bicyclic) bond motifs is 1. The predicted molar refractivity (Wildman–Crippen MR) is 153 cm³/mol. The van der Waals surface area contributed by atoms with Crippen molar-refractivity contribution in [2.24, 2.45) is 5.92 Å². The smallest absolute Gasteiger partial charge is 0.251 e. The number of carbonyl (C=O) groups is 2. The highest BCUT2D eigenvalue weighted by Gasteiger charge is 2.39. The van der Waals surface area contributed by atoms with Crippen LogP contribution in [0, 0.1) is 5.92 Å². The number of benzene rings is 1. The van der Waals surface area contributed by atoms with E-state index >= 15 is 0 Å². The fourth-order valence-corrected chi connectivity index (χ4v) is 6.08. The van der Waals surface area contributed by atoms with Crippen LogP contribution in [0.3, 0.4) is 0 Å². The van der Waals surface area contributed by atoms with Gasteiger partial charge in [0, 0.05) is 30.7 Å². The lowest BCUT2D eigenvalue weighted by atomic mass is 9.99. The molecule has 2 fully saturated rings. The Kier molecular flexibility index (Phi) is 7.93. The van der Waals surface area contributed by atoms with E-state index in [1.54, 1.807) is 37.4 Å². The maximum atomic E-state index is 13.1. The van der Waals surface area contributed by atoms with Crippen molar-refractivity contribution in [2.75, 3.05) is 49.4 Å². The maximum Gasteiger partial charge on any atom is 0.251 e. The van der Waals surface area contributed by atoms with Gasteiger partial charge in [-0.1, -0.05) is 19.8 Å². The molecule has 1 saturated carbocycles. The molecule has 1 aromatic carbocycles. The molecule has 0 bridgehead atoms. The molecular formula is C29H41N7O3. The van der Waals surface area contributed by atoms with Crippen LogP contribution < -0.4 is 25.2 Å². The van der Waals surface area contributed by atoms with E-state index in [2.05, 4.69) is 39.4 Å². The monoisotopic (exact) mass is 535 g/mol. The van der Waals surface area contributed by atoms with E-state index in [1.807, 2.05) is 13.0 Å². The topological polar surface area (TPSA) is 103 Å². The van der Waals surface area contributed by atoms with Gasteiger partial charge in [-0.05, 0) is 70.9 Å². The molecule has 10 nitrogen and oxygen atoms in total. The number of carbonyl (C=O) groups excluding carboxylic acids is 2. The second kappa shape index (κ2) is 11.4. The number of hydrogen-bond donors (Lipinski definition) is 2. The number of piperidine rings is 1. The first-order valence-electron chi connectivity index (χ1n) is 14.1. The standard InChI is InChI=1S/C29H41N7O3/c1-18-19(2)36(22-8-6-7-9-22)26-24(35(4)28(18)38)17-30-29(33-26)32-23-11-10-20(16-25(23)39-5)27(37)31-21-12-14-34(3)15-13-21/h10-11,16-19,21-22H,6-9,12-15H2,1-5H3,(H,31,37)(H,30,32,33). The Labute approximate surface area is 231 Å². The molecule has 210 valence electrons. The number of methoxy groups -OCH3 is 1. The van der Waals surface area contributed by atoms with Crippen molar-refractivity contribution in [3.63, 3.8) is 0 Å². The molecular weight excluding hydrogens is 494 g/mol. The first-order valence-corrected chi connectivity index (χ1v) is 14.1. The number of nitrogens with zero attached hydrogens (tertiary/aromatic N) is 5. The molecule has 10 heteroatoms. The van der Waals surface area contributed by atoms with Crippen LogP contribution >= 0.6 is 0 Å². The Morgan fingerprint density at radius 3 is 2.49 bits per heavy atom. The van der Waals surface area contributed by atoms with Gasteiger partial charge in [0.2, 0.25) is 11.9 Å². The quantitative estimate of drug-likeness (QED) is 0.576. The number of nitrogens with one attached hydrogen (secondary N) is 2. The summed E-state index contributed by atoms with van der Waals surface area (Å²) in [6.45, 7) is 6.09. The van der Waals surface area contributed by atoms with E-state index in [9.17, 15) is 9.59 Å². The zero-order chi connectivity index (χ0) is 27.7. The molecule has 2 atom stereocenters. The Morgan fingerprint density at radius 2 is 1.79 bits per heavy atom. The molecule has 1 saturated heterocycles. The first-order chi connectivity index (χ1) is 18.8. The average molecular weight is 536 g/mol. The highest BCUT2D eigenvalue weighted by molar-refractivity contribution is 5.99. The van der Waals surface area contributed by atoms with Gasteiger partial charge in [0.1, 0.15) is 11.4 Å². The van der Waals surface area contributed by atoms with Gasteiger partial charge in [-0.2, -0.15) is 4.98 Å². The second-order valence-electron chi connectivity index (χ2n) is 11.3. The summed E-state index contributed by atoms with van der Waals surface area (Å²) in [7, 11) is 5.49. The lowest BCUT2D eigenvalue weighted by molar-refractivity contribution is -0.121. The van der Waals surface area contributed by atoms with Crippen LogP contribution in [0.25, 0.3) is 0 Å². The van der Waals surface area contributed by atoms with Crippen molar-refractivity contribution in [3.8, 4) is 5.75 Å². The maximum absolute atomic E-state index is 13.1. The number of anilines is 4. The van der Waals surface area contributed by atoms with Crippen molar-refractivity contribution in [1.82, 2.24) is 20.2 Å². The Morgan fingerprint density at radius 1 is 1.08 bits per heavy atom. The highest BCUT2D eigenvalue weighted by Crippen LogP contribution is 2.40. The summed E-state index contributed by atoms with van der Waals surface area (Å²) in [6, 6.07) is 5.91. The summed E-state index contributed by atoms with van der Waals surface area (Å²) in [6.07, 6.45) is 8.19. The van der Waals surface area contributed by atoms with Gasteiger partial charge in [-0.25, -0.2) is 4.98 Å². The van der Waals surface area contributed by atoms with Gasteiger partial charge >= 0.3 is 0 Å². The Balaban J connectivity index is 1.40. The van der Waals surface area contributed by atoms with Crippen molar-refractivity contribution in [3.05, 3.63) is 30.0 Å². The predicted octanol–water partition coefficient (Wildman–Crippen LogP) is 3.80. The lowest BCUT2D eigenvalue weighted by Gasteiger charge is -2.36. The van der Waals surface area contributed by atoms with Crippen molar-refractivity contribution in [1.29, 1.82) is 0 Å². The van der Waals surface area contributed by atoms with Crippen molar-refractivity contribution < 1.29 is 14.3 Å². The molecule has 1 aromatic heterocycles. The van der Waals surface area contributed by atoms with Crippen LogP contribution in [0.4, 0.5) is 23.1 Å². The molecule has 2 N–H and O–H groups in total. The van der Waals surface area contributed by atoms with Crippen LogP contribution in [0.2, 0.25) is 0 Å². The molecule has 5 rings (SSSR count). The van der Waals surface area contributed by atoms with Crippen LogP contribution in [0.1, 0.15) is 62.7 Å². The SMILES string of the molecule is COc1cc(C(=O)NC2CCN(C)CC2)ccc1Nc1ncc2c(n1)N(C1CCCC1)C(C)C(C)C(=O)N2C.